The molecule has 2 aromatic carbocycles. The Hall–Kier alpha value is -2.58. The van der Waals surface area contributed by atoms with Gasteiger partial charge in [0.05, 0.1) is 19.0 Å². The van der Waals surface area contributed by atoms with Gasteiger partial charge in [0.25, 0.3) is 0 Å². The minimum Gasteiger partial charge on any atom is -0.490 e. The maximum atomic E-state index is 12.5. The number of para-hydroxylation sites is 1. The summed E-state index contributed by atoms with van der Waals surface area (Å²) in [6.45, 7) is 1.23. The topological polar surface area (TPSA) is 73.3 Å². The third kappa shape index (κ3) is 4.58. The predicted octanol–water partition coefficient (Wildman–Crippen LogP) is 4.42. The highest BCUT2D eigenvalue weighted by Crippen LogP contribution is 2.32. The highest BCUT2D eigenvalue weighted by Gasteiger charge is 2.15. The summed E-state index contributed by atoms with van der Waals surface area (Å²) in [5.74, 6) is 1.63. The Kier molecular flexibility index (Phi) is 5.55. The zero-order valence-corrected chi connectivity index (χ0v) is 16.0. The number of nitrogens with zero attached hydrogens (tertiary/aromatic N) is 2. The van der Waals surface area contributed by atoms with Gasteiger partial charge in [-0.15, -0.1) is 10.2 Å². The molecule has 8 heteroatoms. The third-order valence-electron chi connectivity index (χ3n) is 3.83. The summed E-state index contributed by atoms with van der Waals surface area (Å²) >= 11 is 2.80. The molecular weight excluding hydrogens is 382 g/mol. The van der Waals surface area contributed by atoms with Gasteiger partial charge in [-0.1, -0.05) is 41.3 Å². The van der Waals surface area contributed by atoms with Crippen molar-refractivity contribution in [1.82, 2.24) is 10.2 Å². The van der Waals surface area contributed by atoms with Crippen LogP contribution in [0.4, 0.5) is 10.8 Å². The van der Waals surface area contributed by atoms with E-state index < -0.39 is 0 Å². The Balaban J connectivity index is 1.36. The maximum Gasteiger partial charge on any atom is 0.210 e. The van der Waals surface area contributed by atoms with Gasteiger partial charge < -0.3 is 14.8 Å². The van der Waals surface area contributed by atoms with E-state index in [-0.39, 0.29) is 5.78 Å². The third-order valence-corrected chi connectivity index (χ3v) is 5.80. The van der Waals surface area contributed by atoms with Crippen LogP contribution in [0.25, 0.3) is 0 Å². The van der Waals surface area contributed by atoms with Crippen LogP contribution in [-0.4, -0.2) is 34.9 Å². The van der Waals surface area contributed by atoms with Crippen molar-refractivity contribution in [1.29, 1.82) is 0 Å². The summed E-state index contributed by atoms with van der Waals surface area (Å²) in [5.41, 5.74) is 1.56. The van der Waals surface area contributed by atoms with Crippen molar-refractivity contribution in [2.45, 2.75) is 10.8 Å². The summed E-state index contributed by atoms with van der Waals surface area (Å²) in [6.07, 6.45) is 0.838. The molecule has 0 bridgehead atoms. The number of hydrogen-bond acceptors (Lipinski definition) is 8. The van der Waals surface area contributed by atoms with Gasteiger partial charge in [0.15, 0.2) is 21.6 Å². The number of carbonyl (C=O) groups is 1. The Morgan fingerprint density at radius 2 is 1.89 bits per heavy atom. The SMILES string of the molecule is O=C(CSc1nnc(Nc2ccccc2)s1)c1ccc2c(c1)OCCCO2. The molecule has 1 aromatic heterocycles. The molecule has 2 heterocycles. The van der Waals surface area contributed by atoms with E-state index in [1.807, 2.05) is 30.3 Å². The minimum absolute atomic E-state index is 0.0171. The van der Waals surface area contributed by atoms with Gasteiger partial charge in [0.1, 0.15) is 0 Å². The van der Waals surface area contributed by atoms with Crippen LogP contribution in [0.5, 0.6) is 11.5 Å². The smallest absolute Gasteiger partial charge is 0.210 e. The van der Waals surface area contributed by atoms with E-state index in [1.165, 1.54) is 23.1 Å². The first-order chi connectivity index (χ1) is 13.3. The van der Waals surface area contributed by atoms with E-state index in [1.54, 1.807) is 18.2 Å². The van der Waals surface area contributed by atoms with Crippen molar-refractivity contribution in [3.63, 3.8) is 0 Å². The predicted molar refractivity (Wildman–Crippen MR) is 107 cm³/mol. The second-order valence-electron chi connectivity index (χ2n) is 5.79. The molecule has 0 aliphatic carbocycles. The molecule has 27 heavy (non-hydrogen) atoms. The first-order valence-electron chi connectivity index (χ1n) is 8.49. The quantitative estimate of drug-likeness (QED) is 0.486. The molecule has 0 atom stereocenters. The van der Waals surface area contributed by atoms with E-state index in [9.17, 15) is 4.79 Å². The highest BCUT2D eigenvalue weighted by atomic mass is 32.2. The van der Waals surface area contributed by atoms with Gasteiger partial charge in [-0.25, -0.2) is 0 Å². The first kappa shape index (κ1) is 17.8. The van der Waals surface area contributed by atoms with Crippen molar-refractivity contribution in [3.05, 3.63) is 54.1 Å². The summed E-state index contributed by atoms with van der Waals surface area (Å²) < 4.78 is 12.0. The molecule has 0 saturated heterocycles. The lowest BCUT2D eigenvalue weighted by molar-refractivity contribution is 0.102. The number of rotatable bonds is 6. The van der Waals surface area contributed by atoms with Gasteiger partial charge >= 0.3 is 0 Å². The molecule has 0 fully saturated rings. The number of anilines is 2. The Morgan fingerprint density at radius 1 is 1.07 bits per heavy atom. The highest BCUT2D eigenvalue weighted by molar-refractivity contribution is 8.01. The Bertz CT molecular complexity index is 931. The molecule has 0 spiro atoms. The summed E-state index contributed by atoms with van der Waals surface area (Å²) in [4.78, 5) is 12.5. The molecule has 1 N–H and O–H groups in total. The minimum atomic E-state index is 0.0171. The summed E-state index contributed by atoms with van der Waals surface area (Å²) in [5, 5.41) is 12.2. The fourth-order valence-corrected chi connectivity index (χ4v) is 4.18. The van der Waals surface area contributed by atoms with E-state index in [2.05, 4.69) is 15.5 Å². The molecule has 1 aliphatic rings. The number of aromatic nitrogens is 2. The van der Waals surface area contributed by atoms with Gasteiger partial charge in [0, 0.05) is 17.7 Å². The van der Waals surface area contributed by atoms with Crippen LogP contribution >= 0.6 is 23.1 Å². The number of carbonyl (C=O) groups excluding carboxylic acids is 1. The van der Waals surface area contributed by atoms with Crippen molar-refractivity contribution in [2.24, 2.45) is 0 Å². The lowest BCUT2D eigenvalue weighted by atomic mass is 10.1. The van der Waals surface area contributed by atoms with Crippen LogP contribution in [0.3, 0.4) is 0 Å². The van der Waals surface area contributed by atoms with Crippen LogP contribution in [-0.2, 0) is 0 Å². The molecule has 0 unspecified atom stereocenters. The van der Waals surface area contributed by atoms with Crippen LogP contribution in [0.1, 0.15) is 16.8 Å². The lowest BCUT2D eigenvalue weighted by Crippen LogP contribution is -2.03. The van der Waals surface area contributed by atoms with E-state index in [4.69, 9.17) is 9.47 Å². The molecule has 3 aromatic rings. The summed E-state index contributed by atoms with van der Waals surface area (Å²) in [6, 6.07) is 15.1. The standard InChI is InChI=1S/C19H17N3O3S2/c23-15(13-7-8-16-17(11-13)25-10-4-9-24-16)12-26-19-22-21-18(27-19)20-14-5-2-1-3-6-14/h1-3,5-8,11H,4,9-10,12H2,(H,20,21). The molecule has 1 aliphatic heterocycles. The number of benzene rings is 2. The van der Waals surface area contributed by atoms with Crippen molar-refractivity contribution in [3.8, 4) is 11.5 Å². The molecular formula is C19H17N3O3S2. The molecule has 4 rings (SSSR count). The van der Waals surface area contributed by atoms with Crippen molar-refractivity contribution < 1.29 is 14.3 Å². The number of Topliss-reactive ketones (excluding diaryl/α,β-unsaturated/α-hetero) is 1. The molecule has 0 radical (unpaired) electrons. The van der Waals surface area contributed by atoms with E-state index >= 15 is 0 Å². The number of ketones is 1. The zero-order chi connectivity index (χ0) is 18.5. The van der Waals surface area contributed by atoms with E-state index in [0.717, 1.165) is 16.4 Å². The Morgan fingerprint density at radius 3 is 2.74 bits per heavy atom. The monoisotopic (exact) mass is 399 g/mol. The Labute approximate surface area is 164 Å². The number of nitrogens with one attached hydrogen (secondary N) is 1. The fourth-order valence-electron chi connectivity index (χ4n) is 2.51. The van der Waals surface area contributed by atoms with Crippen molar-refractivity contribution >= 4 is 39.7 Å². The zero-order valence-electron chi connectivity index (χ0n) is 14.4. The first-order valence-corrected chi connectivity index (χ1v) is 10.3. The lowest BCUT2D eigenvalue weighted by Gasteiger charge is -2.08. The van der Waals surface area contributed by atoms with Crippen LogP contribution in [0, 0.1) is 0 Å². The van der Waals surface area contributed by atoms with Gasteiger partial charge in [-0.2, -0.15) is 0 Å². The summed E-state index contributed by atoms with van der Waals surface area (Å²) in [7, 11) is 0. The van der Waals surface area contributed by atoms with Crippen LogP contribution < -0.4 is 14.8 Å². The fraction of sp³-hybridized carbons (Fsp3) is 0.211. The normalized spacial score (nSPS) is 13.0. The average molecular weight is 399 g/mol. The number of thioether (sulfide) groups is 1. The van der Waals surface area contributed by atoms with Gasteiger partial charge in [-0.3, -0.25) is 4.79 Å². The number of fused-ring (bicyclic) bond motifs is 1. The average Bonchev–Trinajstić information content (AvgIpc) is 3.01. The second-order valence-corrected chi connectivity index (χ2v) is 7.99. The largest absolute Gasteiger partial charge is 0.490 e. The molecule has 6 nitrogen and oxygen atoms in total. The van der Waals surface area contributed by atoms with E-state index in [0.29, 0.717) is 41.2 Å². The van der Waals surface area contributed by atoms with Gasteiger partial charge in [0.2, 0.25) is 5.13 Å². The number of hydrogen-bond donors (Lipinski definition) is 1. The molecule has 0 saturated carbocycles. The maximum absolute atomic E-state index is 12.5. The van der Waals surface area contributed by atoms with Crippen LogP contribution in [0.2, 0.25) is 0 Å². The molecule has 0 amide bonds. The van der Waals surface area contributed by atoms with Crippen molar-refractivity contribution in [2.75, 3.05) is 24.3 Å². The molecule has 138 valence electrons. The second kappa shape index (κ2) is 8.41. The number of ether oxygens (including phenoxy) is 2. The van der Waals surface area contributed by atoms with Crippen LogP contribution in [0.15, 0.2) is 52.9 Å². The van der Waals surface area contributed by atoms with Gasteiger partial charge in [-0.05, 0) is 30.3 Å².